The van der Waals surface area contributed by atoms with Gasteiger partial charge in [0.25, 0.3) is 5.91 Å². The molecular formula is C22H17F4N5O4. The molecule has 0 aliphatic carbocycles. The molecule has 4 rings (SSSR count). The van der Waals surface area contributed by atoms with E-state index in [1.165, 1.54) is 37.6 Å². The SMILES string of the molecule is COc1cc(F)c(-n2cc(Cc3nnc(C)o3)nc2NC(=O)c2ccc(OC(F)F)cc2)c(F)c1. The van der Waals surface area contributed by atoms with Crippen LogP contribution in [0.15, 0.2) is 47.0 Å². The Kier molecular flexibility index (Phi) is 6.66. The highest BCUT2D eigenvalue weighted by Crippen LogP contribution is 2.28. The number of carbonyl (C=O) groups excluding carboxylic acids is 1. The Bertz CT molecular complexity index is 1330. The highest BCUT2D eigenvalue weighted by atomic mass is 19.3. The van der Waals surface area contributed by atoms with Crippen LogP contribution in [0.5, 0.6) is 11.5 Å². The smallest absolute Gasteiger partial charge is 0.387 e. The van der Waals surface area contributed by atoms with Gasteiger partial charge in [0.2, 0.25) is 17.7 Å². The van der Waals surface area contributed by atoms with Crippen molar-refractivity contribution in [2.45, 2.75) is 20.0 Å². The molecule has 4 aromatic rings. The number of methoxy groups -OCH3 is 1. The van der Waals surface area contributed by atoms with E-state index in [2.05, 4.69) is 25.2 Å². The summed E-state index contributed by atoms with van der Waals surface area (Å²) in [6.45, 7) is -1.42. The number of carbonyl (C=O) groups is 1. The Balaban J connectivity index is 1.69. The van der Waals surface area contributed by atoms with Gasteiger partial charge in [-0.3, -0.25) is 14.7 Å². The average Bonchev–Trinajstić information content (AvgIpc) is 3.38. The van der Waals surface area contributed by atoms with Gasteiger partial charge >= 0.3 is 6.61 Å². The Hall–Kier alpha value is -4.42. The van der Waals surface area contributed by atoms with E-state index in [1.807, 2.05) is 0 Å². The molecule has 0 fully saturated rings. The zero-order chi connectivity index (χ0) is 25.1. The minimum atomic E-state index is -3.02. The molecule has 2 aromatic carbocycles. The number of imidazole rings is 1. The lowest BCUT2D eigenvalue weighted by molar-refractivity contribution is -0.0498. The van der Waals surface area contributed by atoms with Crippen LogP contribution >= 0.6 is 0 Å². The Labute approximate surface area is 195 Å². The molecule has 0 saturated heterocycles. The molecule has 2 aromatic heterocycles. The summed E-state index contributed by atoms with van der Waals surface area (Å²) in [7, 11) is 1.26. The van der Waals surface area contributed by atoms with Crippen LogP contribution in [-0.4, -0.2) is 39.4 Å². The summed E-state index contributed by atoms with van der Waals surface area (Å²) in [5.41, 5.74) is -0.188. The molecule has 0 unspecified atom stereocenters. The molecule has 0 aliphatic rings. The summed E-state index contributed by atoms with van der Waals surface area (Å²) in [5, 5.41) is 10.1. The third-order valence-corrected chi connectivity index (χ3v) is 4.69. The molecule has 0 radical (unpaired) electrons. The maximum absolute atomic E-state index is 14.8. The second-order valence-electron chi connectivity index (χ2n) is 7.11. The van der Waals surface area contributed by atoms with Gasteiger partial charge in [-0.2, -0.15) is 8.78 Å². The van der Waals surface area contributed by atoms with Crippen molar-refractivity contribution in [2.75, 3.05) is 12.4 Å². The van der Waals surface area contributed by atoms with E-state index >= 15 is 0 Å². The Morgan fingerprint density at radius 3 is 2.37 bits per heavy atom. The molecule has 35 heavy (non-hydrogen) atoms. The van der Waals surface area contributed by atoms with E-state index in [4.69, 9.17) is 9.15 Å². The summed E-state index contributed by atoms with van der Waals surface area (Å²) in [6.07, 6.45) is 1.33. The fourth-order valence-corrected chi connectivity index (χ4v) is 3.19. The van der Waals surface area contributed by atoms with Crippen molar-refractivity contribution in [3.63, 3.8) is 0 Å². The van der Waals surface area contributed by atoms with Crippen LogP contribution in [0.25, 0.3) is 5.69 Å². The monoisotopic (exact) mass is 491 g/mol. The third-order valence-electron chi connectivity index (χ3n) is 4.69. The highest BCUT2D eigenvalue weighted by molar-refractivity contribution is 6.03. The largest absolute Gasteiger partial charge is 0.497 e. The number of rotatable bonds is 8. The molecule has 182 valence electrons. The number of aromatic nitrogens is 4. The topological polar surface area (TPSA) is 104 Å². The van der Waals surface area contributed by atoms with Crippen LogP contribution in [0.3, 0.4) is 0 Å². The maximum Gasteiger partial charge on any atom is 0.387 e. The molecule has 13 heteroatoms. The van der Waals surface area contributed by atoms with Crippen molar-refractivity contribution in [3.8, 4) is 17.2 Å². The molecule has 0 bridgehead atoms. The molecule has 0 spiro atoms. The lowest BCUT2D eigenvalue weighted by Crippen LogP contribution is -2.16. The highest BCUT2D eigenvalue weighted by Gasteiger charge is 2.21. The zero-order valence-electron chi connectivity index (χ0n) is 18.3. The van der Waals surface area contributed by atoms with Crippen molar-refractivity contribution < 1.29 is 36.2 Å². The standard InChI is InChI=1S/C22H17F4N5O4/c1-11-29-30-18(34-11)7-13-10-31(19-16(23)8-15(33-2)9-17(19)24)22(27-13)28-20(32)12-3-5-14(6-4-12)35-21(25)26/h3-6,8-10,21H,7H2,1-2H3,(H,27,28,32). The number of hydrogen-bond acceptors (Lipinski definition) is 7. The normalized spacial score (nSPS) is 11.1. The summed E-state index contributed by atoms with van der Waals surface area (Å²) in [5.74, 6) is -2.52. The molecule has 0 saturated carbocycles. The van der Waals surface area contributed by atoms with Gasteiger partial charge in [0.05, 0.1) is 19.2 Å². The van der Waals surface area contributed by atoms with Crippen molar-refractivity contribution in [3.05, 3.63) is 77.3 Å². The van der Waals surface area contributed by atoms with Crippen LogP contribution < -0.4 is 14.8 Å². The van der Waals surface area contributed by atoms with Crippen molar-refractivity contribution >= 4 is 11.9 Å². The van der Waals surface area contributed by atoms with Gasteiger partial charge in [0, 0.05) is 30.8 Å². The number of benzene rings is 2. The van der Waals surface area contributed by atoms with E-state index in [-0.39, 0.29) is 41.0 Å². The van der Waals surface area contributed by atoms with Crippen LogP contribution in [0.1, 0.15) is 27.8 Å². The molecule has 0 aliphatic heterocycles. The lowest BCUT2D eigenvalue weighted by Gasteiger charge is -2.12. The van der Waals surface area contributed by atoms with Crippen molar-refractivity contribution in [1.29, 1.82) is 0 Å². The quantitative estimate of drug-likeness (QED) is 0.367. The number of aryl methyl sites for hydroxylation is 1. The fourth-order valence-electron chi connectivity index (χ4n) is 3.19. The number of ether oxygens (including phenoxy) is 2. The van der Waals surface area contributed by atoms with Crippen LogP contribution in [0.2, 0.25) is 0 Å². The molecule has 1 N–H and O–H groups in total. The first-order valence-corrected chi connectivity index (χ1v) is 10.0. The molecule has 0 atom stereocenters. The van der Waals surface area contributed by atoms with Gasteiger partial charge in [-0.1, -0.05) is 0 Å². The second-order valence-corrected chi connectivity index (χ2v) is 7.11. The van der Waals surface area contributed by atoms with E-state index in [0.717, 1.165) is 16.7 Å². The molecule has 2 heterocycles. The average molecular weight is 491 g/mol. The predicted octanol–water partition coefficient (Wildman–Crippen LogP) is 4.30. The second kappa shape index (κ2) is 9.83. The van der Waals surface area contributed by atoms with E-state index in [9.17, 15) is 22.4 Å². The van der Waals surface area contributed by atoms with Crippen LogP contribution in [-0.2, 0) is 6.42 Å². The van der Waals surface area contributed by atoms with Crippen molar-refractivity contribution in [2.24, 2.45) is 0 Å². The predicted molar refractivity (Wildman–Crippen MR) is 113 cm³/mol. The molecule has 1 amide bonds. The van der Waals surface area contributed by atoms with Gasteiger partial charge in [0.15, 0.2) is 11.6 Å². The zero-order valence-corrected chi connectivity index (χ0v) is 18.3. The Morgan fingerprint density at radius 2 is 1.80 bits per heavy atom. The van der Waals surface area contributed by atoms with Gasteiger partial charge < -0.3 is 13.9 Å². The summed E-state index contributed by atoms with van der Waals surface area (Å²) in [6, 6.07) is 6.81. The minimum absolute atomic E-state index is 0.0236. The van der Waals surface area contributed by atoms with E-state index in [0.29, 0.717) is 5.89 Å². The number of nitrogens with zero attached hydrogens (tertiary/aromatic N) is 4. The van der Waals surface area contributed by atoms with E-state index < -0.39 is 29.8 Å². The number of nitrogens with one attached hydrogen (secondary N) is 1. The fraction of sp³-hybridized carbons (Fsp3) is 0.182. The van der Waals surface area contributed by atoms with Gasteiger partial charge in [0.1, 0.15) is 17.2 Å². The number of alkyl halides is 2. The number of amides is 1. The number of hydrogen-bond donors (Lipinski definition) is 1. The summed E-state index contributed by atoms with van der Waals surface area (Å²) >= 11 is 0. The van der Waals surface area contributed by atoms with E-state index in [1.54, 1.807) is 6.92 Å². The number of anilines is 1. The first-order valence-electron chi connectivity index (χ1n) is 10.0. The first kappa shape index (κ1) is 23.7. The van der Waals surface area contributed by atoms with Crippen LogP contribution in [0.4, 0.5) is 23.5 Å². The van der Waals surface area contributed by atoms with Crippen molar-refractivity contribution in [1.82, 2.24) is 19.7 Å². The molecule has 9 nitrogen and oxygen atoms in total. The third kappa shape index (κ3) is 5.39. The van der Waals surface area contributed by atoms with Crippen LogP contribution in [0, 0.1) is 18.6 Å². The van der Waals surface area contributed by atoms with Gasteiger partial charge in [-0.15, -0.1) is 10.2 Å². The van der Waals surface area contributed by atoms with Gasteiger partial charge in [-0.05, 0) is 24.3 Å². The van der Waals surface area contributed by atoms with Gasteiger partial charge in [-0.25, -0.2) is 13.8 Å². The maximum atomic E-state index is 14.8. The Morgan fingerprint density at radius 1 is 1.11 bits per heavy atom. The molecular weight excluding hydrogens is 474 g/mol. The number of halogens is 4. The lowest BCUT2D eigenvalue weighted by atomic mass is 10.2. The first-order chi connectivity index (χ1) is 16.7. The summed E-state index contributed by atoms with van der Waals surface area (Å²) < 4.78 is 69.8. The summed E-state index contributed by atoms with van der Waals surface area (Å²) in [4.78, 5) is 17.0. The minimum Gasteiger partial charge on any atom is -0.497 e.